The maximum atomic E-state index is 9.14. The van der Waals surface area contributed by atoms with E-state index in [9.17, 15) is 0 Å². The molecule has 4 nitrogen and oxygen atoms in total. The molecule has 0 amide bonds. The second-order valence-corrected chi connectivity index (χ2v) is 5.85. The van der Waals surface area contributed by atoms with Crippen molar-refractivity contribution in [3.63, 3.8) is 0 Å². The molecule has 1 aromatic rings. The van der Waals surface area contributed by atoms with Crippen LogP contribution in [0.2, 0.25) is 0 Å². The summed E-state index contributed by atoms with van der Waals surface area (Å²) in [6.45, 7) is 5.39. The van der Waals surface area contributed by atoms with Crippen LogP contribution < -0.4 is 4.74 Å². The number of benzene rings is 1. The van der Waals surface area contributed by atoms with Crippen LogP contribution in [0.1, 0.15) is 18.1 Å². The highest BCUT2D eigenvalue weighted by atomic mass is 16.5. The maximum absolute atomic E-state index is 9.14. The molecule has 1 aliphatic rings. The fourth-order valence-corrected chi connectivity index (χ4v) is 3.05. The van der Waals surface area contributed by atoms with Gasteiger partial charge in [0.1, 0.15) is 11.8 Å². The van der Waals surface area contributed by atoms with Gasteiger partial charge in [0.05, 0.1) is 12.7 Å². The summed E-state index contributed by atoms with van der Waals surface area (Å²) < 4.78 is 5.18. The van der Waals surface area contributed by atoms with E-state index in [1.165, 1.54) is 5.56 Å². The van der Waals surface area contributed by atoms with E-state index in [-0.39, 0.29) is 0 Å². The van der Waals surface area contributed by atoms with Gasteiger partial charge in [-0.3, -0.25) is 4.90 Å². The van der Waals surface area contributed by atoms with Gasteiger partial charge >= 0.3 is 0 Å². The molecule has 1 saturated heterocycles. The topological polar surface area (TPSA) is 39.5 Å². The van der Waals surface area contributed by atoms with Gasteiger partial charge in [-0.1, -0.05) is 13.0 Å². The fraction of sp³-hybridized carbons (Fsp3) is 0.562. The molecule has 0 aliphatic carbocycles. The van der Waals surface area contributed by atoms with Crippen LogP contribution in [-0.2, 0) is 6.54 Å². The first-order chi connectivity index (χ1) is 9.55. The third kappa shape index (κ3) is 3.12. The summed E-state index contributed by atoms with van der Waals surface area (Å²) in [4.78, 5) is 4.76. The Labute approximate surface area is 121 Å². The van der Waals surface area contributed by atoms with Crippen LogP contribution in [0.3, 0.4) is 0 Å². The van der Waals surface area contributed by atoms with Crippen molar-refractivity contribution >= 4 is 0 Å². The first kappa shape index (κ1) is 14.8. The van der Waals surface area contributed by atoms with Gasteiger partial charge in [0, 0.05) is 25.7 Å². The Morgan fingerprint density at radius 3 is 2.70 bits per heavy atom. The van der Waals surface area contributed by atoms with E-state index < -0.39 is 0 Å². The number of likely N-dealkylation sites (tertiary alicyclic amines) is 1. The number of hydrogen-bond donors (Lipinski definition) is 0. The lowest BCUT2D eigenvalue weighted by Crippen LogP contribution is -2.34. The molecule has 2 unspecified atom stereocenters. The second-order valence-electron chi connectivity index (χ2n) is 5.85. The zero-order valence-corrected chi connectivity index (χ0v) is 12.8. The number of likely N-dealkylation sites (N-methyl/N-ethyl adjacent to an activating group) is 1. The van der Waals surface area contributed by atoms with Crippen molar-refractivity contribution in [3.8, 4) is 11.8 Å². The molecule has 0 bridgehead atoms. The lowest BCUT2D eigenvalue weighted by molar-refractivity contribution is 0.250. The van der Waals surface area contributed by atoms with Crippen LogP contribution >= 0.6 is 0 Å². The normalized spacial score (nSPS) is 23.0. The number of nitrogens with zero attached hydrogens (tertiary/aromatic N) is 3. The summed E-state index contributed by atoms with van der Waals surface area (Å²) >= 11 is 0. The SMILES string of the molecule is COc1ccc(CN2CC(C)C(N(C)C)C2)cc1C#N. The van der Waals surface area contributed by atoms with E-state index in [0.717, 1.165) is 19.6 Å². The Hall–Kier alpha value is -1.57. The molecule has 20 heavy (non-hydrogen) atoms. The number of rotatable bonds is 4. The molecule has 108 valence electrons. The lowest BCUT2D eigenvalue weighted by Gasteiger charge is -2.22. The minimum Gasteiger partial charge on any atom is -0.495 e. The molecule has 4 heteroatoms. The van der Waals surface area contributed by atoms with Crippen molar-refractivity contribution in [2.75, 3.05) is 34.3 Å². The smallest absolute Gasteiger partial charge is 0.136 e. The number of nitriles is 1. The molecule has 0 saturated carbocycles. The van der Waals surface area contributed by atoms with Gasteiger partial charge in [-0.2, -0.15) is 5.26 Å². The fourth-order valence-electron chi connectivity index (χ4n) is 3.05. The second kappa shape index (κ2) is 6.25. The average molecular weight is 273 g/mol. The molecule has 0 radical (unpaired) electrons. The highest BCUT2D eigenvalue weighted by molar-refractivity contribution is 5.45. The third-order valence-corrected chi connectivity index (χ3v) is 4.10. The quantitative estimate of drug-likeness (QED) is 0.840. The van der Waals surface area contributed by atoms with Crippen LogP contribution in [0, 0.1) is 17.2 Å². The average Bonchev–Trinajstić information content (AvgIpc) is 2.79. The van der Waals surface area contributed by atoms with Crippen LogP contribution in [0.4, 0.5) is 0 Å². The van der Waals surface area contributed by atoms with Gasteiger partial charge < -0.3 is 9.64 Å². The molecule has 0 spiro atoms. The van der Waals surface area contributed by atoms with Crippen LogP contribution in [-0.4, -0.2) is 50.1 Å². The van der Waals surface area contributed by atoms with Gasteiger partial charge in [0.25, 0.3) is 0 Å². The van der Waals surface area contributed by atoms with E-state index in [2.05, 4.69) is 36.9 Å². The predicted octanol–water partition coefficient (Wildman–Crippen LogP) is 1.95. The molecule has 1 fully saturated rings. The summed E-state index contributed by atoms with van der Waals surface area (Å²) in [6, 6.07) is 8.68. The van der Waals surface area contributed by atoms with E-state index in [4.69, 9.17) is 10.00 Å². The molecule has 1 aliphatic heterocycles. The minimum absolute atomic E-state index is 0.612. The van der Waals surface area contributed by atoms with Crippen molar-refractivity contribution in [3.05, 3.63) is 29.3 Å². The Kier molecular flexibility index (Phi) is 4.64. The van der Waals surface area contributed by atoms with E-state index in [1.54, 1.807) is 7.11 Å². The molecule has 1 heterocycles. The molecule has 0 N–H and O–H groups in total. The Morgan fingerprint density at radius 1 is 1.40 bits per heavy atom. The molecular formula is C16H23N3O. The van der Waals surface area contributed by atoms with Gasteiger partial charge in [0.2, 0.25) is 0 Å². The number of methoxy groups -OCH3 is 1. The minimum atomic E-state index is 0.612. The molecular weight excluding hydrogens is 250 g/mol. The Morgan fingerprint density at radius 2 is 2.15 bits per heavy atom. The molecule has 2 atom stereocenters. The van der Waals surface area contributed by atoms with Crippen LogP contribution in [0.25, 0.3) is 0 Å². The van der Waals surface area contributed by atoms with E-state index in [1.807, 2.05) is 18.2 Å². The third-order valence-electron chi connectivity index (χ3n) is 4.10. The standard InChI is InChI=1S/C16H23N3O/c1-12-9-19(11-15(12)18(2)3)10-13-5-6-16(20-4)14(7-13)8-17/h5-7,12,15H,9-11H2,1-4H3. The zero-order valence-electron chi connectivity index (χ0n) is 12.8. The largest absolute Gasteiger partial charge is 0.495 e. The number of ether oxygens (including phenoxy) is 1. The summed E-state index contributed by atoms with van der Waals surface area (Å²) in [5.74, 6) is 1.33. The van der Waals surface area contributed by atoms with E-state index in [0.29, 0.717) is 23.3 Å². The highest BCUT2D eigenvalue weighted by Gasteiger charge is 2.30. The molecule has 1 aromatic carbocycles. The summed E-state index contributed by atoms with van der Waals surface area (Å²) in [7, 11) is 5.89. The monoisotopic (exact) mass is 273 g/mol. The van der Waals surface area contributed by atoms with Gasteiger partial charge in [0.15, 0.2) is 0 Å². The number of hydrogen-bond acceptors (Lipinski definition) is 4. The zero-order chi connectivity index (χ0) is 14.7. The Bertz CT molecular complexity index is 507. The van der Waals surface area contributed by atoms with Crippen molar-refractivity contribution in [1.29, 1.82) is 5.26 Å². The van der Waals surface area contributed by atoms with Crippen molar-refractivity contribution in [2.24, 2.45) is 5.92 Å². The van der Waals surface area contributed by atoms with Crippen molar-refractivity contribution in [1.82, 2.24) is 9.80 Å². The highest BCUT2D eigenvalue weighted by Crippen LogP contribution is 2.24. The predicted molar refractivity (Wildman–Crippen MR) is 79.6 cm³/mol. The summed E-state index contributed by atoms with van der Waals surface area (Å²) in [5, 5.41) is 9.14. The van der Waals surface area contributed by atoms with Gasteiger partial charge in [-0.05, 0) is 37.7 Å². The van der Waals surface area contributed by atoms with Crippen molar-refractivity contribution in [2.45, 2.75) is 19.5 Å². The van der Waals surface area contributed by atoms with Gasteiger partial charge in [-0.15, -0.1) is 0 Å². The summed E-state index contributed by atoms with van der Waals surface area (Å²) in [5.41, 5.74) is 1.79. The van der Waals surface area contributed by atoms with Gasteiger partial charge in [-0.25, -0.2) is 0 Å². The van der Waals surface area contributed by atoms with E-state index >= 15 is 0 Å². The van der Waals surface area contributed by atoms with Crippen molar-refractivity contribution < 1.29 is 4.74 Å². The Balaban J connectivity index is 2.07. The first-order valence-electron chi connectivity index (χ1n) is 7.01. The van der Waals surface area contributed by atoms with Crippen LogP contribution in [0.5, 0.6) is 5.75 Å². The maximum Gasteiger partial charge on any atom is 0.136 e. The summed E-state index contributed by atoms with van der Waals surface area (Å²) in [6.07, 6.45) is 0. The lowest BCUT2D eigenvalue weighted by atomic mass is 10.1. The molecule has 0 aromatic heterocycles. The van der Waals surface area contributed by atoms with Crippen LogP contribution in [0.15, 0.2) is 18.2 Å². The first-order valence-corrected chi connectivity index (χ1v) is 7.01. The molecule has 2 rings (SSSR count).